The average molecular weight is 160 g/mol. The molecule has 0 radical (unpaired) electrons. The molecule has 1 heterocycles. The highest BCUT2D eigenvalue weighted by Crippen LogP contribution is 2.10. The fourth-order valence-corrected chi connectivity index (χ4v) is 1.56. The van der Waals surface area contributed by atoms with E-state index in [4.69, 9.17) is 5.11 Å². The van der Waals surface area contributed by atoms with E-state index in [2.05, 4.69) is 11.1 Å². The Hall–Kier alpha value is -0.610. The van der Waals surface area contributed by atoms with E-state index in [0.29, 0.717) is 5.92 Å². The van der Waals surface area contributed by atoms with E-state index in [1.165, 1.54) is 0 Å². The van der Waals surface area contributed by atoms with Gasteiger partial charge in [0.25, 0.3) is 0 Å². The summed E-state index contributed by atoms with van der Waals surface area (Å²) in [7, 11) is 0. The lowest BCUT2D eigenvalue weighted by atomic mass is 9.91. The van der Waals surface area contributed by atoms with Crippen molar-refractivity contribution in [2.75, 3.05) is 13.1 Å². The smallest absolute Gasteiger partial charge is 0.362 e. The van der Waals surface area contributed by atoms with E-state index in [-0.39, 0.29) is 0 Å². The molecule has 0 aromatic heterocycles. The van der Waals surface area contributed by atoms with Crippen molar-refractivity contribution in [1.82, 2.24) is 0 Å². The van der Waals surface area contributed by atoms with Crippen molar-refractivity contribution >= 4 is 5.97 Å². The van der Waals surface area contributed by atoms with Crippen LogP contribution in [0.3, 0.4) is 0 Å². The Bertz CT molecular complexity index is 143. The fraction of sp³-hybridized carbons (Fsp3) is 0.857. The zero-order chi connectivity index (χ0) is 8.27. The van der Waals surface area contributed by atoms with Gasteiger partial charge in [0.1, 0.15) is 0 Å². The molecule has 0 aromatic rings. The van der Waals surface area contributed by atoms with Crippen LogP contribution >= 0.6 is 0 Å². The van der Waals surface area contributed by atoms with Gasteiger partial charge in [-0.05, 0) is 0 Å². The molecule has 64 valence electrons. The number of aliphatic carboxylic acids is 1. The Labute approximate surface area is 65.8 Å². The first-order chi connectivity index (χ1) is 5.22. The maximum absolute atomic E-state index is 10.5. The maximum Gasteiger partial charge on any atom is 0.362 e. The van der Waals surface area contributed by atoms with Crippen LogP contribution in [-0.2, 0) is 4.79 Å². The second-order valence-electron chi connectivity index (χ2n) is 3.15. The second kappa shape index (κ2) is 3.69. The van der Waals surface area contributed by atoms with E-state index in [1.54, 1.807) is 0 Å². The lowest BCUT2D eigenvalue weighted by Crippen LogP contribution is -2.87. The van der Waals surface area contributed by atoms with Crippen LogP contribution in [-0.4, -0.2) is 30.2 Å². The van der Waals surface area contributed by atoms with Crippen LogP contribution in [0, 0.1) is 5.92 Å². The number of quaternary nitrogens is 2. The molecule has 1 unspecified atom stereocenters. The molecule has 6 N–H and O–H groups in total. The van der Waals surface area contributed by atoms with E-state index >= 15 is 0 Å². The quantitative estimate of drug-likeness (QED) is 0.423. The summed E-state index contributed by atoms with van der Waals surface area (Å²) in [6, 6.07) is -0.399. The summed E-state index contributed by atoms with van der Waals surface area (Å²) in [5, 5.41) is 10.9. The summed E-state index contributed by atoms with van der Waals surface area (Å²) in [6.07, 6.45) is 2.00. The minimum Gasteiger partial charge on any atom is -0.477 e. The van der Waals surface area contributed by atoms with Crippen LogP contribution in [0.1, 0.15) is 12.8 Å². The first-order valence-corrected chi connectivity index (χ1v) is 4.09. The Morgan fingerprint density at radius 2 is 2.09 bits per heavy atom. The van der Waals surface area contributed by atoms with Crippen LogP contribution in [0.25, 0.3) is 0 Å². The lowest BCUT2D eigenvalue weighted by Gasteiger charge is -2.20. The number of hydrogen-bond acceptors (Lipinski definition) is 1. The predicted octanol–water partition coefficient (Wildman–Crippen LogP) is -2.35. The van der Waals surface area contributed by atoms with Gasteiger partial charge in [0.2, 0.25) is 0 Å². The van der Waals surface area contributed by atoms with Crippen molar-refractivity contribution in [1.29, 1.82) is 0 Å². The van der Waals surface area contributed by atoms with E-state index in [9.17, 15) is 4.79 Å². The number of piperidine rings is 1. The Kier molecular flexibility index (Phi) is 2.84. The van der Waals surface area contributed by atoms with Gasteiger partial charge in [-0.3, -0.25) is 0 Å². The molecule has 0 bridgehead atoms. The van der Waals surface area contributed by atoms with Crippen LogP contribution in [0.5, 0.6) is 0 Å². The van der Waals surface area contributed by atoms with Crippen molar-refractivity contribution in [3.8, 4) is 0 Å². The number of hydrogen-bond donors (Lipinski definition) is 3. The Balaban J connectivity index is 2.38. The van der Waals surface area contributed by atoms with E-state index < -0.39 is 12.0 Å². The molecule has 1 rings (SSSR count). The fourth-order valence-electron chi connectivity index (χ4n) is 1.56. The molecular formula is C7H16N2O2+2. The Morgan fingerprint density at radius 3 is 2.55 bits per heavy atom. The van der Waals surface area contributed by atoms with Gasteiger partial charge >= 0.3 is 5.97 Å². The van der Waals surface area contributed by atoms with Crippen LogP contribution in [0.2, 0.25) is 0 Å². The van der Waals surface area contributed by atoms with Crippen molar-refractivity contribution in [2.45, 2.75) is 18.9 Å². The third kappa shape index (κ3) is 2.17. The van der Waals surface area contributed by atoms with Crippen LogP contribution in [0.15, 0.2) is 0 Å². The largest absolute Gasteiger partial charge is 0.477 e. The van der Waals surface area contributed by atoms with E-state index in [0.717, 1.165) is 25.9 Å². The molecule has 1 aliphatic heterocycles. The maximum atomic E-state index is 10.5. The molecule has 11 heavy (non-hydrogen) atoms. The second-order valence-corrected chi connectivity index (χ2v) is 3.15. The predicted molar refractivity (Wildman–Crippen MR) is 38.7 cm³/mol. The third-order valence-electron chi connectivity index (χ3n) is 2.37. The number of rotatable bonds is 2. The standard InChI is InChI=1S/C7H14N2O2/c8-6(7(10)11)5-1-3-9-4-2-5/h5-6,9H,1-4,8H2,(H,10,11)/p+2. The third-order valence-corrected chi connectivity index (χ3v) is 2.37. The van der Waals surface area contributed by atoms with Gasteiger partial charge in [-0.2, -0.15) is 0 Å². The minimum absolute atomic E-state index is 0.303. The van der Waals surface area contributed by atoms with E-state index in [1.807, 2.05) is 0 Å². The van der Waals surface area contributed by atoms with Crippen molar-refractivity contribution < 1.29 is 21.0 Å². The SMILES string of the molecule is [NH3+]C(C(=O)O)C1CC[NH2+]CC1. The zero-order valence-corrected chi connectivity index (χ0v) is 6.62. The summed E-state index contributed by atoms with van der Waals surface area (Å²) in [4.78, 5) is 10.5. The van der Waals surface area contributed by atoms with Crippen molar-refractivity contribution in [3.63, 3.8) is 0 Å². The molecule has 1 saturated heterocycles. The molecule has 1 atom stereocenters. The van der Waals surface area contributed by atoms with Gasteiger partial charge in [-0.15, -0.1) is 0 Å². The minimum atomic E-state index is -0.753. The first-order valence-electron chi connectivity index (χ1n) is 4.09. The van der Waals surface area contributed by atoms with Gasteiger partial charge in [-0.25, -0.2) is 4.79 Å². The highest BCUT2D eigenvalue weighted by molar-refractivity contribution is 5.71. The number of carbonyl (C=O) groups is 1. The monoisotopic (exact) mass is 160 g/mol. The summed E-state index contributed by atoms with van der Waals surface area (Å²) >= 11 is 0. The molecule has 1 fully saturated rings. The van der Waals surface area contributed by atoms with Crippen LogP contribution < -0.4 is 11.1 Å². The molecule has 4 heteroatoms. The molecule has 1 aliphatic rings. The first kappa shape index (κ1) is 8.49. The number of carboxylic acid groups (broad SMARTS) is 1. The summed E-state index contributed by atoms with van der Waals surface area (Å²) < 4.78 is 0. The Morgan fingerprint density at radius 1 is 1.55 bits per heavy atom. The summed E-state index contributed by atoms with van der Waals surface area (Å²) in [5.74, 6) is -0.450. The van der Waals surface area contributed by atoms with Gasteiger partial charge in [0.05, 0.1) is 13.1 Å². The molecule has 0 amide bonds. The van der Waals surface area contributed by atoms with Gasteiger partial charge in [0.15, 0.2) is 6.04 Å². The highest BCUT2D eigenvalue weighted by atomic mass is 16.4. The lowest BCUT2D eigenvalue weighted by molar-refractivity contribution is -0.667. The molecule has 0 saturated carbocycles. The van der Waals surface area contributed by atoms with Crippen molar-refractivity contribution in [3.05, 3.63) is 0 Å². The molecular weight excluding hydrogens is 144 g/mol. The van der Waals surface area contributed by atoms with Crippen LogP contribution in [0.4, 0.5) is 0 Å². The summed E-state index contributed by atoms with van der Waals surface area (Å²) in [5.41, 5.74) is 3.65. The average Bonchev–Trinajstić information content (AvgIpc) is 2.05. The topological polar surface area (TPSA) is 81.5 Å². The normalized spacial score (nSPS) is 23.0. The zero-order valence-electron chi connectivity index (χ0n) is 6.62. The molecule has 4 nitrogen and oxygen atoms in total. The molecule has 0 spiro atoms. The van der Waals surface area contributed by atoms with Gasteiger partial charge in [0, 0.05) is 18.8 Å². The van der Waals surface area contributed by atoms with Gasteiger partial charge in [-0.1, -0.05) is 0 Å². The summed E-state index contributed by atoms with van der Waals surface area (Å²) in [6.45, 7) is 2.12. The number of carboxylic acids is 1. The molecule has 0 aromatic carbocycles. The van der Waals surface area contributed by atoms with Crippen molar-refractivity contribution in [2.24, 2.45) is 5.92 Å². The van der Waals surface area contributed by atoms with Gasteiger partial charge < -0.3 is 16.2 Å². The molecule has 0 aliphatic carbocycles. The highest BCUT2D eigenvalue weighted by Gasteiger charge is 2.30. The number of nitrogens with two attached hydrogens (primary N) is 1.